The molecule has 0 fully saturated rings. The van der Waals surface area contributed by atoms with Crippen LogP contribution in [0.4, 0.5) is 0 Å². The van der Waals surface area contributed by atoms with E-state index in [1.54, 1.807) is 0 Å². The van der Waals surface area contributed by atoms with E-state index in [0.717, 1.165) is 35.2 Å². The van der Waals surface area contributed by atoms with Gasteiger partial charge >= 0.3 is 0 Å². The van der Waals surface area contributed by atoms with Crippen LogP contribution in [0.25, 0.3) is 0 Å². The normalized spacial score (nSPS) is 12.5. The molecular formula is C15H23BrN2O. The van der Waals surface area contributed by atoms with Gasteiger partial charge in [0.1, 0.15) is 0 Å². The van der Waals surface area contributed by atoms with Crippen LogP contribution in [0.5, 0.6) is 0 Å². The fraction of sp³-hybridized carbons (Fsp3) is 0.533. The fourth-order valence-electron chi connectivity index (χ4n) is 2.07. The molecule has 1 aromatic rings. The molecule has 0 aromatic heterocycles. The third-order valence-corrected chi connectivity index (χ3v) is 4.18. The van der Waals surface area contributed by atoms with Crippen LogP contribution in [0.15, 0.2) is 22.7 Å². The molecule has 1 N–H and O–H groups in total. The van der Waals surface area contributed by atoms with E-state index in [0.29, 0.717) is 0 Å². The number of rotatable bonds is 6. The fourth-order valence-corrected chi connectivity index (χ4v) is 2.44. The minimum absolute atomic E-state index is 0.00143. The summed E-state index contributed by atoms with van der Waals surface area (Å²) in [6, 6.07) is 5.84. The van der Waals surface area contributed by atoms with Gasteiger partial charge in [-0.15, -0.1) is 0 Å². The van der Waals surface area contributed by atoms with Crippen LogP contribution in [0.1, 0.15) is 36.7 Å². The average Bonchev–Trinajstić information content (AvgIpc) is 2.38. The number of carbonyl (C=O) groups excluding carboxylic acids is 1. The lowest BCUT2D eigenvalue weighted by atomic mass is 10.1. The molecule has 1 unspecified atom stereocenters. The molecule has 0 radical (unpaired) electrons. The Morgan fingerprint density at radius 3 is 2.58 bits per heavy atom. The highest BCUT2D eigenvalue weighted by Crippen LogP contribution is 2.19. The molecular weight excluding hydrogens is 304 g/mol. The highest BCUT2D eigenvalue weighted by atomic mass is 79.9. The van der Waals surface area contributed by atoms with Gasteiger partial charge in [-0.1, -0.05) is 35.8 Å². The summed E-state index contributed by atoms with van der Waals surface area (Å²) < 4.78 is 0.969. The van der Waals surface area contributed by atoms with E-state index in [9.17, 15) is 4.79 Å². The summed E-state index contributed by atoms with van der Waals surface area (Å²) in [6.07, 6.45) is 0. The molecule has 0 spiro atoms. The zero-order chi connectivity index (χ0) is 14.4. The monoisotopic (exact) mass is 326 g/mol. The van der Waals surface area contributed by atoms with Gasteiger partial charge in [0.25, 0.3) is 5.91 Å². The first-order valence-electron chi connectivity index (χ1n) is 6.77. The summed E-state index contributed by atoms with van der Waals surface area (Å²) in [7, 11) is 0. The summed E-state index contributed by atoms with van der Waals surface area (Å²) >= 11 is 3.46. The Hall–Kier alpha value is -0.870. The number of likely N-dealkylation sites (N-methyl/N-ethyl adjacent to an activating group) is 1. The van der Waals surface area contributed by atoms with Crippen LogP contribution < -0.4 is 5.32 Å². The molecule has 0 aliphatic carbocycles. The molecule has 0 aliphatic rings. The molecule has 0 saturated carbocycles. The van der Waals surface area contributed by atoms with Gasteiger partial charge in [0.15, 0.2) is 0 Å². The second kappa shape index (κ2) is 7.65. The molecule has 19 heavy (non-hydrogen) atoms. The van der Waals surface area contributed by atoms with Crippen LogP contribution in [0.2, 0.25) is 0 Å². The number of carbonyl (C=O) groups is 1. The first-order chi connectivity index (χ1) is 8.99. The van der Waals surface area contributed by atoms with Gasteiger partial charge in [0.05, 0.1) is 0 Å². The SMILES string of the molecule is CCN(CC)CC(C)NC(=O)c1cccc(Br)c1C. The summed E-state index contributed by atoms with van der Waals surface area (Å²) in [5.74, 6) is -0.00143. The lowest BCUT2D eigenvalue weighted by Crippen LogP contribution is -2.42. The van der Waals surface area contributed by atoms with Crippen molar-refractivity contribution in [2.24, 2.45) is 0 Å². The zero-order valence-corrected chi connectivity index (χ0v) is 13.8. The van der Waals surface area contributed by atoms with Crippen molar-refractivity contribution >= 4 is 21.8 Å². The van der Waals surface area contributed by atoms with Crippen molar-refractivity contribution in [3.8, 4) is 0 Å². The predicted molar refractivity (Wildman–Crippen MR) is 83.6 cm³/mol. The number of amides is 1. The number of hydrogen-bond donors (Lipinski definition) is 1. The zero-order valence-electron chi connectivity index (χ0n) is 12.2. The third kappa shape index (κ3) is 4.62. The number of benzene rings is 1. The molecule has 3 nitrogen and oxygen atoms in total. The van der Waals surface area contributed by atoms with E-state index in [1.165, 1.54) is 0 Å². The maximum atomic E-state index is 12.2. The largest absolute Gasteiger partial charge is 0.348 e. The smallest absolute Gasteiger partial charge is 0.251 e. The highest BCUT2D eigenvalue weighted by molar-refractivity contribution is 9.10. The minimum atomic E-state index is -0.00143. The number of nitrogens with zero attached hydrogens (tertiary/aromatic N) is 1. The molecule has 1 atom stereocenters. The first-order valence-corrected chi connectivity index (χ1v) is 7.57. The number of hydrogen-bond acceptors (Lipinski definition) is 2. The molecule has 0 bridgehead atoms. The Labute approximate surface area is 124 Å². The van der Waals surface area contributed by atoms with Crippen LogP contribution in [0.3, 0.4) is 0 Å². The van der Waals surface area contributed by atoms with Crippen molar-refractivity contribution in [3.05, 3.63) is 33.8 Å². The topological polar surface area (TPSA) is 32.3 Å². The van der Waals surface area contributed by atoms with Crippen molar-refractivity contribution in [2.45, 2.75) is 33.7 Å². The van der Waals surface area contributed by atoms with Crippen molar-refractivity contribution in [2.75, 3.05) is 19.6 Å². The van der Waals surface area contributed by atoms with E-state index >= 15 is 0 Å². The van der Waals surface area contributed by atoms with Crippen molar-refractivity contribution in [3.63, 3.8) is 0 Å². The summed E-state index contributed by atoms with van der Waals surface area (Å²) in [5, 5.41) is 3.06. The van der Waals surface area contributed by atoms with Crippen LogP contribution in [-0.4, -0.2) is 36.5 Å². The first kappa shape index (κ1) is 16.2. The van der Waals surface area contributed by atoms with E-state index < -0.39 is 0 Å². The quantitative estimate of drug-likeness (QED) is 0.870. The maximum Gasteiger partial charge on any atom is 0.251 e. The molecule has 0 heterocycles. The third-order valence-electron chi connectivity index (χ3n) is 3.32. The van der Waals surface area contributed by atoms with E-state index in [4.69, 9.17) is 0 Å². The van der Waals surface area contributed by atoms with Crippen LogP contribution in [-0.2, 0) is 0 Å². The van der Waals surface area contributed by atoms with Gasteiger partial charge in [-0.05, 0) is 44.6 Å². The van der Waals surface area contributed by atoms with Gasteiger partial charge in [0.2, 0.25) is 0 Å². The standard InChI is InChI=1S/C15H23BrN2O/c1-5-18(6-2)10-11(3)17-15(19)13-8-7-9-14(16)12(13)4/h7-9,11H,5-6,10H2,1-4H3,(H,17,19). The van der Waals surface area contributed by atoms with Crippen LogP contribution >= 0.6 is 15.9 Å². The summed E-state index contributed by atoms with van der Waals surface area (Å²) in [4.78, 5) is 14.5. The van der Waals surface area contributed by atoms with Crippen molar-refractivity contribution < 1.29 is 4.79 Å². The molecule has 1 amide bonds. The number of halogens is 1. The Morgan fingerprint density at radius 1 is 1.37 bits per heavy atom. The lowest BCUT2D eigenvalue weighted by molar-refractivity contribution is 0.0929. The van der Waals surface area contributed by atoms with Gasteiger partial charge < -0.3 is 10.2 Å². The molecule has 1 rings (SSSR count). The van der Waals surface area contributed by atoms with Gasteiger partial charge in [-0.2, -0.15) is 0 Å². The molecule has 1 aromatic carbocycles. The molecule has 0 aliphatic heterocycles. The van der Waals surface area contributed by atoms with Gasteiger partial charge in [-0.3, -0.25) is 4.79 Å². The second-order valence-corrected chi connectivity index (χ2v) is 5.63. The van der Waals surface area contributed by atoms with E-state index in [1.807, 2.05) is 32.0 Å². The van der Waals surface area contributed by atoms with Gasteiger partial charge in [-0.25, -0.2) is 0 Å². The highest BCUT2D eigenvalue weighted by Gasteiger charge is 2.14. The lowest BCUT2D eigenvalue weighted by Gasteiger charge is -2.23. The van der Waals surface area contributed by atoms with E-state index in [2.05, 4.69) is 40.0 Å². The van der Waals surface area contributed by atoms with Gasteiger partial charge in [0, 0.05) is 22.6 Å². The average molecular weight is 327 g/mol. The number of nitrogens with one attached hydrogen (secondary N) is 1. The molecule has 0 saturated heterocycles. The van der Waals surface area contributed by atoms with E-state index in [-0.39, 0.29) is 11.9 Å². The Balaban J connectivity index is 2.66. The second-order valence-electron chi connectivity index (χ2n) is 4.77. The predicted octanol–water partition coefficient (Wildman–Crippen LogP) is 3.22. The molecule has 4 heteroatoms. The Bertz CT molecular complexity index is 430. The Morgan fingerprint density at radius 2 is 2.00 bits per heavy atom. The summed E-state index contributed by atoms with van der Waals surface area (Å²) in [6.45, 7) is 11.2. The van der Waals surface area contributed by atoms with Crippen LogP contribution in [0, 0.1) is 6.92 Å². The maximum absolute atomic E-state index is 12.2. The van der Waals surface area contributed by atoms with Crippen molar-refractivity contribution in [1.82, 2.24) is 10.2 Å². The minimum Gasteiger partial charge on any atom is -0.348 e. The van der Waals surface area contributed by atoms with Crippen molar-refractivity contribution in [1.29, 1.82) is 0 Å². The Kier molecular flexibility index (Phi) is 6.52. The summed E-state index contributed by atoms with van der Waals surface area (Å²) in [5.41, 5.74) is 1.72. The molecule has 106 valence electrons.